The first-order valence-corrected chi connectivity index (χ1v) is 9.33. The number of carbonyl (C=O) groups is 2. The summed E-state index contributed by atoms with van der Waals surface area (Å²) < 4.78 is 10.6. The number of carbonyl (C=O) groups excluding carboxylic acids is 2. The van der Waals surface area contributed by atoms with Gasteiger partial charge in [0.2, 0.25) is 0 Å². The van der Waals surface area contributed by atoms with E-state index in [9.17, 15) is 9.59 Å². The molecule has 1 amide bonds. The summed E-state index contributed by atoms with van der Waals surface area (Å²) in [4.78, 5) is 23.5. The van der Waals surface area contributed by atoms with Gasteiger partial charge in [-0.1, -0.05) is 75.9 Å². The molecule has 0 aromatic heterocycles. The Hall–Kier alpha value is -2.30. The van der Waals surface area contributed by atoms with E-state index in [1.54, 1.807) is 6.08 Å². The molecule has 0 radical (unpaired) electrons. The molecule has 0 heterocycles. The highest BCUT2D eigenvalue weighted by Gasteiger charge is 2.23. The van der Waals surface area contributed by atoms with Gasteiger partial charge in [-0.3, -0.25) is 4.79 Å². The van der Waals surface area contributed by atoms with Crippen molar-refractivity contribution in [1.82, 2.24) is 5.32 Å². The van der Waals surface area contributed by atoms with E-state index in [0.29, 0.717) is 6.42 Å². The molecule has 0 unspecified atom stereocenters. The van der Waals surface area contributed by atoms with Gasteiger partial charge in [0.15, 0.2) is 0 Å². The fraction of sp³-hybridized carbons (Fsp3) is 0.524. The summed E-state index contributed by atoms with van der Waals surface area (Å²) in [5.74, 6) is -0.398. The van der Waals surface area contributed by atoms with Crippen LogP contribution in [0.2, 0.25) is 0 Å². The lowest BCUT2D eigenvalue weighted by molar-refractivity contribution is -0.145. The third-order valence-corrected chi connectivity index (χ3v) is 4.07. The topological polar surface area (TPSA) is 64.6 Å². The fourth-order valence-electron chi connectivity index (χ4n) is 2.69. The van der Waals surface area contributed by atoms with Crippen molar-refractivity contribution in [2.45, 2.75) is 71.1 Å². The normalized spacial score (nSPS) is 12.7. The van der Waals surface area contributed by atoms with Gasteiger partial charge in [0, 0.05) is 6.92 Å². The number of hydrogen-bond donors (Lipinski definition) is 1. The standard InChI is InChI=1S/C21H31NO4/c1-4-6-7-8-12-15-19(20(5-2)26-17(3)23)22-21(24)25-16-18-13-10-9-11-14-18/h5,9-11,13-14,19-20H,2,4,6-8,12,15-16H2,1,3H3,(H,22,24)/t19-,20+/m0/s1. The smallest absolute Gasteiger partial charge is 0.407 e. The summed E-state index contributed by atoms with van der Waals surface area (Å²) in [6.45, 7) is 7.44. The molecule has 0 fully saturated rings. The van der Waals surface area contributed by atoms with E-state index in [1.165, 1.54) is 19.8 Å². The summed E-state index contributed by atoms with van der Waals surface area (Å²) >= 11 is 0. The molecule has 2 atom stereocenters. The summed E-state index contributed by atoms with van der Waals surface area (Å²) in [6, 6.07) is 9.13. The lowest BCUT2D eigenvalue weighted by Gasteiger charge is -2.25. The van der Waals surface area contributed by atoms with Crippen molar-refractivity contribution in [3.05, 3.63) is 48.6 Å². The SMILES string of the molecule is C=C[C@@H](OC(C)=O)[C@H](CCCCCCC)NC(=O)OCc1ccccc1. The van der Waals surface area contributed by atoms with Gasteiger partial charge in [-0.05, 0) is 18.1 Å². The Balaban J connectivity index is 2.56. The first-order chi connectivity index (χ1) is 12.6. The summed E-state index contributed by atoms with van der Waals surface area (Å²) in [5.41, 5.74) is 0.916. The largest absolute Gasteiger partial charge is 0.456 e. The molecule has 1 aromatic carbocycles. The van der Waals surface area contributed by atoms with Crippen LogP contribution in [0.5, 0.6) is 0 Å². The van der Waals surface area contributed by atoms with Gasteiger partial charge >= 0.3 is 12.1 Å². The van der Waals surface area contributed by atoms with Crippen LogP contribution in [0.4, 0.5) is 4.79 Å². The van der Waals surface area contributed by atoms with Gasteiger partial charge in [0.1, 0.15) is 12.7 Å². The molecule has 0 saturated heterocycles. The highest BCUT2D eigenvalue weighted by Crippen LogP contribution is 2.13. The number of benzene rings is 1. The van der Waals surface area contributed by atoms with Crippen LogP contribution < -0.4 is 5.32 Å². The zero-order chi connectivity index (χ0) is 19.2. The maximum absolute atomic E-state index is 12.2. The number of unbranched alkanes of at least 4 members (excludes halogenated alkanes) is 4. The lowest BCUT2D eigenvalue weighted by atomic mass is 10.0. The third kappa shape index (κ3) is 9.25. The van der Waals surface area contributed by atoms with E-state index in [4.69, 9.17) is 9.47 Å². The van der Waals surface area contributed by atoms with Crippen molar-refractivity contribution in [2.24, 2.45) is 0 Å². The molecular formula is C21H31NO4. The predicted octanol–water partition coefficient (Wildman–Crippen LogP) is 4.76. The molecule has 1 N–H and O–H groups in total. The Morgan fingerprint density at radius 3 is 2.46 bits per heavy atom. The van der Waals surface area contributed by atoms with Gasteiger partial charge in [-0.15, -0.1) is 0 Å². The van der Waals surface area contributed by atoms with Gasteiger partial charge in [0.05, 0.1) is 6.04 Å². The average molecular weight is 361 g/mol. The first kappa shape index (κ1) is 21.7. The van der Waals surface area contributed by atoms with Crippen LogP contribution in [0.15, 0.2) is 43.0 Å². The van der Waals surface area contributed by atoms with Crippen LogP contribution in [-0.4, -0.2) is 24.2 Å². The maximum Gasteiger partial charge on any atom is 0.407 e. The lowest BCUT2D eigenvalue weighted by Crippen LogP contribution is -2.44. The van der Waals surface area contributed by atoms with Crippen LogP contribution in [0, 0.1) is 0 Å². The van der Waals surface area contributed by atoms with E-state index < -0.39 is 18.2 Å². The van der Waals surface area contributed by atoms with Crippen LogP contribution in [-0.2, 0) is 20.9 Å². The number of nitrogens with one attached hydrogen (secondary N) is 1. The number of amides is 1. The molecule has 5 nitrogen and oxygen atoms in total. The molecule has 0 aliphatic heterocycles. The molecule has 0 bridgehead atoms. The summed E-state index contributed by atoms with van der Waals surface area (Å²) in [5, 5.41) is 2.82. The van der Waals surface area contributed by atoms with Crippen LogP contribution >= 0.6 is 0 Å². The zero-order valence-corrected chi connectivity index (χ0v) is 15.9. The van der Waals surface area contributed by atoms with E-state index in [2.05, 4.69) is 18.8 Å². The van der Waals surface area contributed by atoms with Gasteiger partial charge in [0.25, 0.3) is 0 Å². The van der Waals surface area contributed by atoms with Crippen LogP contribution in [0.3, 0.4) is 0 Å². The average Bonchev–Trinajstić information content (AvgIpc) is 2.64. The second-order valence-electron chi connectivity index (χ2n) is 6.33. The van der Waals surface area contributed by atoms with E-state index >= 15 is 0 Å². The molecule has 0 spiro atoms. The Morgan fingerprint density at radius 2 is 1.85 bits per heavy atom. The van der Waals surface area contributed by atoms with Crippen LogP contribution in [0.1, 0.15) is 57.9 Å². The van der Waals surface area contributed by atoms with Crippen LogP contribution in [0.25, 0.3) is 0 Å². The number of hydrogen-bond acceptors (Lipinski definition) is 4. The molecule has 1 aromatic rings. The second kappa shape index (κ2) is 13.0. The number of rotatable bonds is 12. The quantitative estimate of drug-likeness (QED) is 0.331. The highest BCUT2D eigenvalue weighted by molar-refractivity contribution is 5.68. The first-order valence-electron chi connectivity index (χ1n) is 9.33. The monoisotopic (exact) mass is 361 g/mol. The van der Waals surface area contributed by atoms with E-state index in [-0.39, 0.29) is 12.6 Å². The molecule has 0 aliphatic carbocycles. The molecular weight excluding hydrogens is 330 g/mol. The van der Waals surface area contributed by atoms with Crippen molar-refractivity contribution >= 4 is 12.1 Å². The molecule has 1 rings (SSSR count). The number of esters is 1. The van der Waals surface area contributed by atoms with Gasteiger partial charge in [-0.2, -0.15) is 0 Å². The molecule has 0 saturated carbocycles. The summed E-state index contributed by atoms with van der Waals surface area (Å²) in [6.07, 6.45) is 6.72. The minimum absolute atomic E-state index is 0.197. The molecule has 0 aliphatic rings. The van der Waals surface area contributed by atoms with E-state index in [0.717, 1.165) is 24.8 Å². The Labute approximate surface area is 156 Å². The predicted molar refractivity (Wildman–Crippen MR) is 103 cm³/mol. The summed E-state index contributed by atoms with van der Waals surface area (Å²) in [7, 11) is 0. The van der Waals surface area contributed by atoms with Crippen molar-refractivity contribution in [2.75, 3.05) is 0 Å². The second-order valence-corrected chi connectivity index (χ2v) is 6.33. The minimum Gasteiger partial charge on any atom is -0.456 e. The van der Waals surface area contributed by atoms with Crippen molar-refractivity contribution in [3.63, 3.8) is 0 Å². The van der Waals surface area contributed by atoms with Gasteiger partial charge in [-0.25, -0.2) is 4.79 Å². The van der Waals surface area contributed by atoms with Gasteiger partial charge < -0.3 is 14.8 Å². The number of alkyl carbamates (subject to hydrolysis) is 1. The fourth-order valence-corrected chi connectivity index (χ4v) is 2.69. The Kier molecular flexibility index (Phi) is 10.9. The molecule has 26 heavy (non-hydrogen) atoms. The maximum atomic E-state index is 12.2. The third-order valence-electron chi connectivity index (χ3n) is 4.07. The van der Waals surface area contributed by atoms with E-state index in [1.807, 2.05) is 30.3 Å². The highest BCUT2D eigenvalue weighted by atomic mass is 16.6. The Morgan fingerprint density at radius 1 is 1.15 bits per heavy atom. The Bertz CT molecular complexity index is 544. The van der Waals surface area contributed by atoms with Crippen molar-refractivity contribution < 1.29 is 19.1 Å². The van der Waals surface area contributed by atoms with Crippen molar-refractivity contribution in [1.29, 1.82) is 0 Å². The van der Waals surface area contributed by atoms with Crippen molar-refractivity contribution in [3.8, 4) is 0 Å². The minimum atomic E-state index is -0.567. The molecule has 5 heteroatoms. The zero-order valence-electron chi connectivity index (χ0n) is 15.9. The number of ether oxygens (including phenoxy) is 2. The molecule has 144 valence electrons.